The summed E-state index contributed by atoms with van der Waals surface area (Å²) >= 11 is 5.97. The van der Waals surface area contributed by atoms with Crippen LogP contribution >= 0.6 is 24.0 Å². The molecule has 26 heavy (non-hydrogen) atoms. The standard InChI is InChI=1S/C17H21ClN4O3.ClH/c18-13-3-1-2-12(10-13)15-21-14(25-22-15)4-7-20-16(23)17(11-19)5-8-24-9-6-17;/h1-3,10H,4-9,11,19H2,(H,20,23);1H. The third kappa shape index (κ3) is 4.73. The minimum Gasteiger partial charge on any atom is -0.381 e. The first kappa shape index (κ1) is 20.6. The Hall–Kier alpha value is -1.67. The summed E-state index contributed by atoms with van der Waals surface area (Å²) in [5.74, 6) is 0.906. The Balaban J connectivity index is 0.00000243. The number of amides is 1. The van der Waals surface area contributed by atoms with Crippen molar-refractivity contribution in [3.05, 3.63) is 35.2 Å². The Morgan fingerprint density at radius 1 is 1.35 bits per heavy atom. The molecular formula is C17H22Cl2N4O3. The Morgan fingerprint density at radius 2 is 2.12 bits per heavy atom. The van der Waals surface area contributed by atoms with Crippen molar-refractivity contribution in [3.63, 3.8) is 0 Å². The van der Waals surface area contributed by atoms with Crippen molar-refractivity contribution >= 4 is 29.9 Å². The van der Waals surface area contributed by atoms with E-state index in [4.69, 9.17) is 26.6 Å². The lowest BCUT2D eigenvalue weighted by Gasteiger charge is -2.34. The highest BCUT2D eigenvalue weighted by Gasteiger charge is 2.38. The number of carbonyl (C=O) groups excluding carboxylic acids is 1. The summed E-state index contributed by atoms with van der Waals surface area (Å²) in [6.07, 6.45) is 1.75. The Morgan fingerprint density at radius 3 is 2.81 bits per heavy atom. The van der Waals surface area contributed by atoms with Crippen LogP contribution in [0.25, 0.3) is 11.4 Å². The predicted octanol–water partition coefficient (Wildman–Crippen LogP) is 2.23. The molecule has 3 N–H and O–H groups in total. The molecule has 2 aromatic rings. The summed E-state index contributed by atoms with van der Waals surface area (Å²) in [6, 6.07) is 7.24. The fourth-order valence-corrected chi connectivity index (χ4v) is 3.05. The summed E-state index contributed by atoms with van der Waals surface area (Å²) in [4.78, 5) is 16.8. The molecule has 0 aliphatic carbocycles. The van der Waals surface area contributed by atoms with Crippen LogP contribution in [0.5, 0.6) is 0 Å². The molecule has 1 fully saturated rings. The van der Waals surface area contributed by atoms with E-state index in [1.54, 1.807) is 12.1 Å². The monoisotopic (exact) mass is 400 g/mol. The molecule has 1 aromatic heterocycles. The van der Waals surface area contributed by atoms with Gasteiger partial charge in [0.15, 0.2) is 0 Å². The third-order valence-corrected chi connectivity index (χ3v) is 4.73. The highest BCUT2D eigenvalue weighted by Crippen LogP contribution is 2.29. The normalized spacial score (nSPS) is 15.9. The van der Waals surface area contributed by atoms with Crippen LogP contribution in [-0.2, 0) is 16.0 Å². The van der Waals surface area contributed by atoms with Gasteiger partial charge in [0.1, 0.15) is 0 Å². The van der Waals surface area contributed by atoms with Crippen LogP contribution in [0.4, 0.5) is 0 Å². The Labute approximate surface area is 163 Å². The van der Waals surface area contributed by atoms with E-state index in [1.165, 1.54) is 0 Å². The molecular weight excluding hydrogens is 379 g/mol. The summed E-state index contributed by atoms with van der Waals surface area (Å²) in [5.41, 5.74) is 6.09. The number of hydrogen-bond acceptors (Lipinski definition) is 6. The van der Waals surface area contributed by atoms with Crippen LogP contribution in [0.2, 0.25) is 5.02 Å². The zero-order chi connectivity index (χ0) is 17.7. The molecule has 1 amide bonds. The average Bonchev–Trinajstić information content (AvgIpc) is 3.11. The van der Waals surface area contributed by atoms with Crippen molar-refractivity contribution in [2.24, 2.45) is 11.1 Å². The maximum Gasteiger partial charge on any atom is 0.228 e. The largest absolute Gasteiger partial charge is 0.381 e. The van der Waals surface area contributed by atoms with Gasteiger partial charge in [-0.15, -0.1) is 12.4 Å². The Bertz CT molecular complexity index is 732. The molecule has 1 aromatic carbocycles. The van der Waals surface area contributed by atoms with Crippen LogP contribution < -0.4 is 11.1 Å². The minimum absolute atomic E-state index is 0. The van der Waals surface area contributed by atoms with E-state index in [0.717, 1.165) is 5.56 Å². The second-order valence-corrected chi connectivity index (χ2v) is 6.56. The SMILES string of the molecule is Cl.NCC1(C(=O)NCCc2nc(-c3cccc(Cl)c3)no2)CCOCC1. The molecule has 0 unspecified atom stereocenters. The van der Waals surface area contributed by atoms with Gasteiger partial charge in [0, 0.05) is 43.3 Å². The highest BCUT2D eigenvalue weighted by atomic mass is 35.5. The fraction of sp³-hybridized carbons (Fsp3) is 0.471. The van der Waals surface area contributed by atoms with Gasteiger partial charge in [0.25, 0.3) is 0 Å². The van der Waals surface area contributed by atoms with Gasteiger partial charge in [0.05, 0.1) is 5.41 Å². The topological polar surface area (TPSA) is 103 Å². The quantitative estimate of drug-likeness (QED) is 0.770. The molecule has 142 valence electrons. The smallest absolute Gasteiger partial charge is 0.228 e. The molecule has 1 aliphatic heterocycles. The molecule has 1 aliphatic rings. The van der Waals surface area contributed by atoms with E-state index in [0.29, 0.717) is 62.3 Å². The van der Waals surface area contributed by atoms with Crippen molar-refractivity contribution in [2.75, 3.05) is 26.3 Å². The number of nitrogens with zero attached hydrogens (tertiary/aromatic N) is 2. The van der Waals surface area contributed by atoms with E-state index < -0.39 is 5.41 Å². The lowest BCUT2D eigenvalue weighted by atomic mass is 9.79. The number of hydrogen-bond donors (Lipinski definition) is 2. The van der Waals surface area contributed by atoms with Gasteiger partial charge in [-0.05, 0) is 25.0 Å². The zero-order valence-corrected chi connectivity index (χ0v) is 15.8. The van der Waals surface area contributed by atoms with Crippen molar-refractivity contribution in [1.29, 1.82) is 0 Å². The van der Waals surface area contributed by atoms with Gasteiger partial charge in [-0.1, -0.05) is 28.9 Å². The second kappa shape index (κ2) is 9.32. The molecule has 1 saturated heterocycles. The molecule has 2 heterocycles. The molecule has 9 heteroatoms. The molecule has 3 rings (SSSR count). The third-order valence-electron chi connectivity index (χ3n) is 4.50. The average molecular weight is 401 g/mol. The van der Waals surface area contributed by atoms with Gasteiger partial charge in [0.2, 0.25) is 17.6 Å². The predicted molar refractivity (Wildman–Crippen MR) is 100 cm³/mol. The number of benzene rings is 1. The summed E-state index contributed by atoms with van der Waals surface area (Å²) < 4.78 is 10.6. The molecule has 7 nitrogen and oxygen atoms in total. The van der Waals surface area contributed by atoms with Crippen LogP contribution in [0.15, 0.2) is 28.8 Å². The van der Waals surface area contributed by atoms with Gasteiger partial charge in [-0.25, -0.2) is 0 Å². The zero-order valence-electron chi connectivity index (χ0n) is 14.2. The highest BCUT2D eigenvalue weighted by molar-refractivity contribution is 6.30. The van der Waals surface area contributed by atoms with Crippen LogP contribution in [0, 0.1) is 5.41 Å². The molecule has 0 saturated carbocycles. The molecule has 0 atom stereocenters. The number of halogens is 2. The summed E-state index contributed by atoms with van der Waals surface area (Å²) in [7, 11) is 0. The van der Waals surface area contributed by atoms with Gasteiger partial charge >= 0.3 is 0 Å². The number of carbonyl (C=O) groups is 1. The van der Waals surface area contributed by atoms with Crippen LogP contribution in [0.3, 0.4) is 0 Å². The number of nitrogens with one attached hydrogen (secondary N) is 1. The number of ether oxygens (including phenoxy) is 1. The molecule has 0 bridgehead atoms. The van der Waals surface area contributed by atoms with Gasteiger partial charge in [-0.2, -0.15) is 4.98 Å². The summed E-state index contributed by atoms with van der Waals surface area (Å²) in [5, 5.41) is 7.49. The van der Waals surface area contributed by atoms with Crippen molar-refractivity contribution < 1.29 is 14.1 Å². The first-order valence-electron chi connectivity index (χ1n) is 8.28. The molecule has 0 radical (unpaired) electrons. The lowest BCUT2D eigenvalue weighted by Crippen LogP contribution is -2.49. The van der Waals surface area contributed by atoms with E-state index >= 15 is 0 Å². The van der Waals surface area contributed by atoms with Crippen molar-refractivity contribution in [3.8, 4) is 11.4 Å². The van der Waals surface area contributed by atoms with E-state index in [9.17, 15) is 4.79 Å². The maximum absolute atomic E-state index is 12.5. The van der Waals surface area contributed by atoms with E-state index in [1.807, 2.05) is 12.1 Å². The lowest BCUT2D eigenvalue weighted by molar-refractivity contribution is -0.135. The molecule has 0 spiro atoms. The van der Waals surface area contributed by atoms with Crippen LogP contribution in [-0.4, -0.2) is 42.4 Å². The van der Waals surface area contributed by atoms with Gasteiger partial charge in [-0.3, -0.25) is 4.79 Å². The fourth-order valence-electron chi connectivity index (χ4n) is 2.86. The minimum atomic E-state index is -0.529. The first-order valence-corrected chi connectivity index (χ1v) is 8.65. The van der Waals surface area contributed by atoms with Crippen LogP contribution in [0.1, 0.15) is 18.7 Å². The summed E-state index contributed by atoms with van der Waals surface area (Å²) in [6.45, 7) is 1.87. The Kier molecular flexibility index (Phi) is 7.40. The number of rotatable bonds is 6. The van der Waals surface area contributed by atoms with E-state index in [-0.39, 0.29) is 18.3 Å². The first-order chi connectivity index (χ1) is 12.1. The second-order valence-electron chi connectivity index (χ2n) is 6.12. The number of aromatic nitrogens is 2. The van der Waals surface area contributed by atoms with Crippen molar-refractivity contribution in [1.82, 2.24) is 15.5 Å². The maximum atomic E-state index is 12.5. The number of nitrogens with two attached hydrogens (primary N) is 1. The van der Waals surface area contributed by atoms with E-state index in [2.05, 4.69) is 15.5 Å². The van der Waals surface area contributed by atoms with Crippen molar-refractivity contribution in [2.45, 2.75) is 19.3 Å². The van der Waals surface area contributed by atoms with Gasteiger partial charge < -0.3 is 20.3 Å².